The van der Waals surface area contributed by atoms with Gasteiger partial charge in [-0.2, -0.15) is 0 Å². The fourth-order valence-electron chi connectivity index (χ4n) is 2.21. The van der Waals surface area contributed by atoms with Crippen LogP contribution in [0.4, 0.5) is 11.6 Å². The van der Waals surface area contributed by atoms with Crippen LogP contribution in [0.3, 0.4) is 0 Å². The molecular formula is C19H16Cl2N4O. The van der Waals surface area contributed by atoms with Crippen molar-refractivity contribution in [3.63, 3.8) is 0 Å². The lowest BCUT2D eigenvalue weighted by molar-refractivity contribution is 0.102. The highest BCUT2D eigenvalue weighted by atomic mass is 35.5. The highest BCUT2D eigenvalue weighted by Crippen LogP contribution is 2.25. The molecule has 0 saturated heterocycles. The summed E-state index contributed by atoms with van der Waals surface area (Å²) in [5.74, 6) is 0.0853. The summed E-state index contributed by atoms with van der Waals surface area (Å²) >= 11 is 12.0. The van der Waals surface area contributed by atoms with E-state index < -0.39 is 0 Å². The molecule has 0 bridgehead atoms. The summed E-state index contributed by atoms with van der Waals surface area (Å²) in [6, 6.07) is 13.0. The highest BCUT2D eigenvalue weighted by molar-refractivity contribution is 6.35. The van der Waals surface area contributed by atoms with Crippen LogP contribution in [0.1, 0.15) is 21.5 Å². The van der Waals surface area contributed by atoms with Crippen LogP contribution in [0, 0.1) is 6.92 Å². The Morgan fingerprint density at radius 2 is 1.73 bits per heavy atom. The maximum Gasteiger partial charge on any atom is 0.258 e. The fraction of sp³-hybridized carbons (Fsp3) is 0.105. The van der Waals surface area contributed by atoms with Crippen LogP contribution in [-0.4, -0.2) is 15.9 Å². The number of hydrogen-bond acceptors (Lipinski definition) is 4. The number of aryl methyl sites for hydroxylation is 1. The number of carbonyl (C=O) groups excluding carboxylic acids is 1. The second kappa shape index (κ2) is 8.17. The second-order valence-corrected chi connectivity index (χ2v) is 6.56. The number of carbonyl (C=O) groups is 1. The fourth-order valence-corrected chi connectivity index (χ4v) is 2.55. The third-order valence-electron chi connectivity index (χ3n) is 3.66. The molecule has 0 aliphatic heterocycles. The Morgan fingerprint density at radius 1 is 1.04 bits per heavy atom. The molecule has 1 amide bonds. The normalized spacial score (nSPS) is 10.4. The van der Waals surface area contributed by atoms with Crippen LogP contribution in [0.25, 0.3) is 0 Å². The molecule has 0 atom stereocenters. The lowest BCUT2D eigenvalue weighted by Crippen LogP contribution is -2.13. The van der Waals surface area contributed by atoms with Gasteiger partial charge in [0.25, 0.3) is 5.91 Å². The Kier molecular flexibility index (Phi) is 5.71. The quantitative estimate of drug-likeness (QED) is 0.650. The lowest BCUT2D eigenvalue weighted by Gasteiger charge is -2.08. The van der Waals surface area contributed by atoms with Gasteiger partial charge < -0.3 is 10.6 Å². The summed E-state index contributed by atoms with van der Waals surface area (Å²) in [7, 11) is 0. The van der Waals surface area contributed by atoms with Gasteiger partial charge in [-0.05, 0) is 30.7 Å². The average Bonchev–Trinajstić information content (AvgIpc) is 2.64. The molecule has 2 aromatic carbocycles. The first-order valence-electron chi connectivity index (χ1n) is 7.89. The third-order valence-corrected chi connectivity index (χ3v) is 4.23. The van der Waals surface area contributed by atoms with E-state index >= 15 is 0 Å². The SMILES string of the molecule is Cc1ccc(CNc2ncc(C(=O)Nc3cc(Cl)ccc3Cl)cn2)cc1. The minimum atomic E-state index is -0.362. The molecule has 0 spiro atoms. The molecule has 0 radical (unpaired) electrons. The molecule has 0 unspecified atom stereocenters. The molecule has 0 aliphatic rings. The van der Waals surface area contributed by atoms with Gasteiger partial charge in [-0.3, -0.25) is 4.79 Å². The van der Waals surface area contributed by atoms with E-state index in [0.29, 0.717) is 33.8 Å². The maximum absolute atomic E-state index is 12.3. The summed E-state index contributed by atoms with van der Waals surface area (Å²) in [6.45, 7) is 2.64. The number of anilines is 2. The zero-order valence-electron chi connectivity index (χ0n) is 14.0. The van der Waals surface area contributed by atoms with Gasteiger partial charge in [-0.15, -0.1) is 0 Å². The van der Waals surface area contributed by atoms with Crippen molar-refractivity contribution in [3.05, 3.63) is 81.6 Å². The first-order valence-corrected chi connectivity index (χ1v) is 8.65. The third kappa shape index (κ3) is 4.71. The summed E-state index contributed by atoms with van der Waals surface area (Å²) in [5, 5.41) is 6.70. The molecule has 0 fully saturated rings. The zero-order valence-corrected chi connectivity index (χ0v) is 15.5. The largest absolute Gasteiger partial charge is 0.350 e. The van der Waals surface area contributed by atoms with E-state index in [1.165, 1.54) is 18.0 Å². The number of amides is 1. The second-order valence-electron chi connectivity index (χ2n) is 5.71. The molecule has 2 N–H and O–H groups in total. The molecule has 132 valence electrons. The van der Waals surface area contributed by atoms with Crippen molar-refractivity contribution < 1.29 is 4.79 Å². The summed E-state index contributed by atoms with van der Waals surface area (Å²) < 4.78 is 0. The number of halogens is 2. The van der Waals surface area contributed by atoms with Gasteiger partial charge in [0, 0.05) is 24.0 Å². The van der Waals surface area contributed by atoms with Gasteiger partial charge in [-0.1, -0.05) is 53.0 Å². The molecule has 7 heteroatoms. The Morgan fingerprint density at radius 3 is 2.42 bits per heavy atom. The van der Waals surface area contributed by atoms with E-state index in [9.17, 15) is 4.79 Å². The Hall–Kier alpha value is -2.63. The van der Waals surface area contributed by atoms with E-state index in [1.54, 1.807) is 18.2 Å². The van der Waals surface area contributed by atoms with E-state index in [2.05, 4.69) is 20.6 Å². The Bertz CT molecular complexity index is 912. The predicted molar refractivity (Wildman–Crippen MR) is 105 cm³/mol. The number of rotatable bonds is 5. The lowest BCUT2D eigenvalue weighted by atomic mass is 10.1. The minimum Gasteiger partial charge on any atom is -0.350 e. The van der Waals surface area contributed by atoms with Gasteiger partial charge in [0.05, 0.1) is 16.3 Å². The van der Waals surface area contributed by atoms with E-state index in [1.807, 2.05) is 31.2 Å². The van der Waals surface area contributed by atoms with Crippen molar-refractivity contribution in [2.45, 2.75) is 13.5 Å². The number of hydrogen-bond donors (Lipinski definition) is 2. The van der Waals surface area contributed by atoms with Gasteiger partial charge >= 0.3 is 0 Å². The summed E-state index contributed by atoms with van der Waals surface area (Å²) in [6.07, 6.45) is 2.91. The molecule has 0 aliphatic carbocycles. The Balaban J connectivity index is 1.62. The van der Waals surface area contributed by atoms with Gasteiger partial charge in [0.15, 0.2) is 0 Å². The average molecular weight is 387 g/mol. The van der Waals surface area contributed by atoms with Crippen LogP contribution < -0.4 is 10.6 Å². The van der Waals surface area contributed by atoms with Crippen LogP contribution in [0.15, 0.2) is 54.9 Å². The first-order chi connectivity index (χ1) is 12.5. The van der Waals surface area contributed by atoms with Crippen LogP contribution in [0.5, 0.6) is 0 Å². The van der Waals surface area contributed by atoms with Crippen molar-refractivity contribution >= 4 is 40.7 Å². The smallest absolute Gasteiger partial charge is 0.258 e. The zero-order chi connectivity index (χ0) is 18.5. The van der Waals surface area contributed by atoms with Crippen molar-refractivity contribution in [1.82, 2.24) is 9.97 Å². The molecule has 3 aromatic rings. The topological polar surface area (TPSA) is 66.9 Å². The van der Waals surface area contributed by atoms with Crippen molar-refractivity contribution in [2.24, 2.45) is 0 Å². The van der Waals surface area contributed by atoms with Gasteiger partial charge in [0.1, 0.15) is 0 Å². The van der Waals surface area contributed by atoms with Crippen LogP contribution >= 0.6 is 23.2 Å². The van der Waals surface area contributed by atoms with Crippen molar-refractivity contribution in [2.75, 3.05) is 10.6 Å². The highest BCUT2D eigenvalue weighted by Gasteiger charge is 2.10. The van der Waals surface area contributed by atoms with Gasteiger partial charge in [0.2, 0.25) is 5.95 Å². The molecule has 0 saturated carbocycles. The summed E-state index contributed by atoms with van der Waals surface area (Å²) in [5.41, 5.74) is 3.09. The van der Waals surface area contributed by atoms with Crippen molar-refractivity contribution in [3.8, 4) is 0 Å². The predicted octanol–water partition coefficient (Wildman–Crippen LogP) is 4.96. The number of nitrogens with one attached hydrogen (secondary N) is 2. The van der Waals surface area contributed by atoms with E-state index in [-0.39, 0.29) is 5.91 Å². The van der Waals surface area contributed by atoms with Gasteiger partial charge in [-0.25, -0.2) is 9.97 Å². The number of benzene rings is 2. The monoisotopic (exact) mass is 386 g/mol. The Labute approximate surface area is 161 Å². The molecule has 3 rings (SSSR count). The minimum absolute atomic E-state index is 0.321. The molecule has 26 heavy (non-hydrogen) atoms. The molecule has 1 heterocycles. The van der Waals surface area contributed by atoms with Crippen LogP contribution in [-0.2, 0) is 6.54 Å². The number of nitrogens with zero attached hydrogens (tertiary/aromatic N) is 2. The standard InChI is InChI=1S/C19H16Cl2N4O/c1-12-2-4-13(5-3-12)9-22-19-23-10-14(11-24-19)18(26)25-17-8-15(20)6-7-16(17)21/h2-8,10-11H,9H2,1H3,(H,25,26)(H,22,23,24). The molecule has 5 nitrogen and oxygen atoms in total. The van der Waals surface area contributed by atoms with Crippen molar-refractivity contribution in [1.29, 1.82) is 0 Å². The van der Waals surface area contributed by atoms with E-state index in [4.69, 9.17) is 23.2 Å². The molecular weight excluding hydrogens is 371 g/mol. The number of aromatic nitrogens is 2. The van der Waals surface area contributed by atoms with Crippen LogP contribution in [0.2, 0.25) is 10.0 Å². The summed E-state index contributed by atoms with van der Waals surface area (Å²) in [4.78, 5) is 20.6. The maximum atomic E-state index is 12.3. The molecule has 1 aromatic heterocycles. The first kappa shape index (κ1) is 18.2. The van der Waals surface area contributed by atoms with E-state index in [0.717, 1.165) is 5.56 Å².